The van der Waals surface area contributed by atoms with Crippen molar-refractivity contribution in [1.29, 1.82) is 0 Å². The normalized spacial score (nSPS) is 17.0. The van der Waals surface area contributed by atoms with E-state index in [2.05, 4.69) is 9.88 Å². The fourth-order valence-corrected chi connectivity index (χ4v) is 2.28. The summed E-state index contributed by atoms with van der Waals surface area (Å²) in [7, 11) is 0. The molecule has 1 aromatic rings. The highest BCUT2D eigenvalue weighted by Crippen LogP contribution is 2.22. The second-order valence-corrected chi connectivity index (χ2v) is 4.42. The lowest BCUT2D eigenvalue weighted by molar-refractivity contribution is 0.122. The monoisotopic (exact) mass is 229 g/mol. The molecule has 0 aromatic carbocycles. The zero-order chi connectivity index (χ0) is 9.97. The molecule has 0 saturated carbocycles. The Hall–Kier alpha value is -0.720. The van der Waals surface area contributed by atoms with E-state index in [1.165, 1.54) is 0 Å². The van der Waals surface area contributed by atoms with Gasteiger partial charge in [0, 0.05) is 13.1 Å². The molecular weight excluding hydrogens is 218 g/mol. The van der Waals surface area contributed by atoms with Gasteiger partial charge in [-0.25, -0.2) is 4.98 Å². The topological polar surface area (TPSA) is 51.4 Å². The lowest BCUT2D eigenvalue weighted by atomic mass is 10.5. The minimum Gasteiger partial charge on any atom is -0.389 e. The number of aromatic nitrogens is 1. The largest absolute Gasteiger partial charge is 0.389 e. The molecular formula is C8H11N3OS2. The molecule has 0 spiro atoms. The number of hydrogen-bond acceptors (Lipinski definition) is 5. The van der Waals surface area contributed by atoms with Crippen molar-refractivity contribution in [3.8, 4) is 0 Å². The van der Waals surface area contributed by atoms with Gasteiger partial charge >= 0.3 is 0 Å². The van der Waals surface area contributed by atoms with E-state index in [-0.39, 0.29) is 0 Å². The highest BCUT2D eigenvalue weighted by molar-refractivity contribution is 7.81. The summed E-state index contributed by atoms with van der Waals surface area (Å²) in [4.78, 5) is 7.77. The summed E-state index contributed by atoms with van der Waals surface area (Å²) >= 11 is 6.42. The summed E-state index contributed by atoms with van der Waals surface area (Å²) in [6.45, 7) is 3.32. The Morgan fingerprint density at radius 2 is 2.29 bits per heavy atom. The smallest absolute Gasteiger partial charge is 0.186 e. The van der Waals surface area contributed by atoms with E-state index in [0.717, 1.165) is 36.3 Å². The summed E-state index contributed by atoms with van der Waals surface area (Å²) in [5.74, 6) is 0. The van der Waals surface area contributed by atoms with Crippen LogP contribution in [0.4, 0.5) is 5.13 Å². The first-order valence-electron chi connectivity index (χ1n) is 4.35. The molecule has 2 rings (SSSR count). The maximum absolute atomic E-state index is 5.52. The van der Waals surface area contributed by atoms with Crippen molar-refractivity contribution in [2.45, 2.75) is 0 Å². The molecule has 1 fully saturated rings. The summed E-state index contributed by atoms with van der Waals surface area (Å²) < 4.78 is 5.26. The third-order valence-electron chi connectivity index (χ3n) is 2.02. The highest BCUT2D eigenvalue weighted by Gasteiger charge is 2.14. The third-order valence-corrected chi connectivity index (χ3v) is 3.46. The van der Waals surface area contributed by atoms with Crippen molar-refractivity contribution < 1.29 is 4.74 Å². The van der Waals surface area contributed by atoms with Crippen LogP contribution in [0.5, 0.6) is 0 Å². The molecule has 1 saturated heterocycles. The van der Waals surface area contributed by atoms with Gasteiger partial charge in [-0.05, 0) is 0 Å². The molecule has 2 heterocycles. The molecule has 76 valence electrons. The van der Waals surface area contributed by atoms with Gasteiger partial charge in [0.15, 0.2) is 5.13 Å². The Morgan fingerprint density at radius 3 is 2.86 bits per heavy atom. The lowest BCUT2D eigenvalue weighted by Crippen LogP contribution is -2.36. The number of ether oxygens (including phenoxy) is 1. The Labute approximate surface area is 91.7 Å². The van der Waals surface area contributed by atoms with Crippen molar-refractivity contribution in [1.82, 2.24) is 4.98 Å². The van der Waals surface area contributed by atoms with Crippen molar-refractivity contribution in [2.24, 2.45) is 5.73 Å². The van der Waals surface area contributed by atoms with Gasteiger partial charge < -0.3 is 15.4 Å². The van der Waals surface area contributed by atoms with Crippen LogP contribution in [0, 0.1) is 0 Å². The Morgan fingerprint density at radius 1 is 1.57 bits per heavy atom. The van der Waals surface area contributed by atoms with Crippen LogP contribution in [0.3, 0.4) is 0 Å². The van der Waals surface area contributed by atoms with Crippen molar-refractivity contribution in [3.05, 3.63) is 11.1 Å². The molecule has 0 bridgehead atoms. The van der Waals surface area contributed by atoms with E-state index >= 15 is 0 Å². The number of rotatable bonds is 2. The quantitative estimate of drug-likeness (QED) is 0.753. The van der Waals surface area contributed by atoms with Gasteiger partial charge in [-0.15, -0.1) is 0 Å². The first-order valence-corrected chi connectivity index (χ1v) is 5.58. The standard InChI is InChI=1S/C8H11N3OS2/c9-7(13)6-5-10-8(14-6)11-1-3-12-4-2-11/h5H,1-4H2,(H2,9,13). The predicted octanol–water partition coefficient (Wildman–Crippen LogP) is 0.614. The van der Waals surface area contributed by atoms with Crippen LogP contribution in [0.1, 0.15) is 4.88 Å². The SMILES string of the molecule is NC(=S)c1cnc(N2CCOCC2)s1. The highest BCUT2D eigenvalue weighted by atomic mass is 32.1. The van der Waals surface area contributed by atoms with Crippen LogP contribution in [0.25, 0.3) is 0 Å². The summed E-state index contributed by atoms with van der Waals surface area (Å²) in [5, 5.41) is 0.982. The fourth-order valence-electron chi connectivity index (χ4n) is 1.28. The molecule has 2 N–H and O–H groups in total. The van der Waals surface area contributed by atoms with Crippen LogP contribution >= 0.6 is 23.6 Å². The van der Waals surface area contributed by atoms with Gasteiger partial charge in [-0.3, -0.25) is 0 Å². The van der Waals surface area contributed by atoms with Crippen molar-refractivity contribution >= 4 is 33.7 Å². The first-order chi connectivity index (χ1) is 6.77. The maximum atomic E-state index is 5.52. The minimum absolute atomic E-state index is 0.419. The average molecular weight is 229 g/mol. The molecule has 1 aliphatic heterocycles. The van der Waals surface area contributed by atoms with E-state index in [9.17, 15) is 0 Å². The number of thiocarbonyl (C=S) groups is 1. The number of morpholine rings is 1. The molecule has 1 aromatic heterocycles. The average Bonchev–Trinajstić information content (AvgIpc) is 2.68. The third kappa shape index (κ3) is 2.02. The van der Waals surface area contributed by atoms with Gasteiger partial charge in [-0.1, -0.05) is 23.6 Å². The van der Waals surface area contributed by atoms with Crippen molar-refractivity contribution in [3.63, 3.8) is 0 Å². The van der Waals surface area contributed by atoms with E-state index < -0.39 is 0 Å². The number of nitrogens with two attached hydrogens (primary N) is 1. The molecule has 0 atom stereocenters. The summed E-state index contributed by atoms with van der Waals surface area (Å²) in [5.41, 5.74) is 5.52. The van der Waals surface area contributed by atoms with E-state index in [0.29, 0.717) is 4.99 Å². The van der Waals surface area contributed by atoms with Gasteiger partial charge in [0.25, 0.3) is 0 Å². The molecule has 1 aliphatic rings. The van der Waals surface area contributed by atoms with E-state index in [1.807, 2.05) is 0 Å². The van der Waals surface area contributed by atoms with Gasteiger partial charge in [0.05, 0.1) is 24.3 Å². The van der Waals surface area contributed by atoms with Crippen LogP contribution < -0.4 is 10.6 Å². The number of hydrogen-bond donors (Lipinski definition) is 1. The molecule has 14 heavy (non-hydrogen) atoms. The zero-order valence-electron chi connectivity index (χ0n) is 7.60. The van der Waals surface area contributed by atoms with Gasteiger partial charge in [-0.2, -0.15) is 0 Å². The Bertz CT molecular complexity index is 333. The van der Waals surface area contributed by atoms with Crippen LogP contribution in [0.2, 0.25) is 0 Å². The van der Waals surface area contributed by atoms with E-state index in [4.69, 9.17) is 22.7 Å². The van der Waals surface area contributed by atoms with Crippen molar-refractivity contribution in [2.75, 3.05) is 31.2 Å². The first kappa shape index (κ1) is 9.82. The molecule has 0 radical (unpaired) electrons. The molecule has 4 nitrogen and oxygen atoms in total. The lowest BCUT2D eigenvalue weighted by Gasteiger charge is -2.25. The maximum Gasteiger partial charge on any atom is 0.186 e. The van der Waals surface area contributed by atoms with Crippen LogP contribution in [0.15, 0.2) is 6.20 Å². The second kappa shape index (κ2) is 4.20. The summed E-state index contributed by atoms with van der Waals surface area (Å²) in [6.07, 6.45) is 1.73. The molecule has 0 aliphatic carbocycles. The molecule has 0 unspecified atom stereocenters. The number of thiazole rings is 1. The van der Waals surface area contributed by atoms with Crippen LogP contribution in [-0.2, 0) is 4.74 Å². The Kier molecular flexibility index (Phi) is 2.95. The number of nitrogens with zero attached hydrogens (tertiary/aromatic N) is 2. The number of anilines is 1. The van der Waals surface area contributed by atoms with E-state index in [1.54, 1.807) is 17.5 Å². The molecule has 0 amide bonds. The molecule has 6 heteroatoms. The predicted molar refractivity (Wildman–Crippen MR) is 61.0 cm³/mol. The van der Waals surface area contributed by atoms with Crippen LogP contribution in [-0.4, -0.2) is 36.3 Å². The zero-order valence-corrected chi connectivity index (χ0v) is 9.24. The Balaban J connectivity index is 2.11. The fraction of sp³-hybridized carbons (Fsp3) is 0.500. The van der Waals surface area contributed by atoms with Gasteiger partial charge in [0.1, 0.15) is 4.99 Å². The minimum atomic E-state index is 0.419. The van der Waals surface area contributed by atoms with Gasteiger partial charge in [0.2, 0.25) is 0 Å². The second-order valence-electron chi connectivity index (χ2n) is 2.97. The summed E-state index contributed by atoms with van der Waals surface area (Å²) in [6, 6.07) is 0.